The minimum absolute atomic E-state index is 0.133. The van der Waals surface area contributed by atoms with Crippen molar-refractivity contribution in [2.24, 2.45) is 0 Å². The Balaban J connectivity index is 1.69. The van der Waals surface area contributed by atoms with Crippen LogP contribution in [-0.2, 0) is 11.3 Å². The highest BCUT2D eigenvalue weighted by Crippen LogP contribution is 2.26. The molecule has 0 atom stereocenters. The number of carbonyl (C=O) groups is 1. The average Bonchev–Trinajstić information content (AvgIpc) is 3.06. The SMILES string of the molecule is COc1ccc(-c2nc3ccccc3n2CC(=O)Nc2cccc(Cl)c2)cc1. The Labute approximate surface area is 167 Å². The number of nitrogens with one attached hydrogen (secondary N) is 1. The second kappa shape index (κ2) is 7.74. The number of benzene rings is 3. The first-order chi connectivity index (χ1) is 13.6. The largest absolute Gasteiger partial charge is 0.497 e. The summed E-state index contributed by atoms with van der Waals surface area (Å²) in [5.74, 6) is 1.34. The summed E-state index contributed by atoms with van der Waals surface area (Å²) < 4.78 is 7.15. The Bertz CT molecular complexity index is 1140. The third kappa shape index (κ3) is 3.70. The zero-order valence-corrected chi connectivity index (χ0v) is 16.0. The summed E-state index contributed by atoms with van der Waals surface area (Å²) in [6.45, 7) is 0.133. The summed E-state index contributed by atoms with van der Waals surface area (Å²) >= 11 is 6.00. The molecule has 3 aromatic carbocycles. The highest BCUT2D eigenvalue weighted by Gasteiger charge is 2.15. The van der Waals surface area contributed by atoms with E-state index in [-0.39, 0.29) is 12.5 Å². The molecule has 1 aromatic heterocycles. The van der Waals surface area contributed by atoms with Crippen molar-refractivity contribution >= 4 is 34.2 Å². The van der Waals surface area contributed by atoms with Crippen LogP contribution in [-0.4, -0.2) is 22.6 Å². The number of methoxy groups -OCH3 is 1. The predicted octanol–water partition coefficient (Wildman–Crippen LogP) is 5.00. The van der Waals surface area contributed by atoms with Gasteiger partial charge in [-0.2, -0.15) is 0 Å². The summed E-state index contributed by atoms with van der Waals surface area (Å²) in [7, 11) is 1.63. The molecule has 0 radical (unpaired) electrons. The van der Waals surface area contributed by atoms with E-state index in [4.69, 9.17) is 21.3 Å². The number of amides is 1. The van der Waals surface area contributed by atoms with Gasteiger partial charge in [-0.25, -0.2) is 4.98 Å². The predicted molar refractivity (Wildman–Crippen MR) is 112 cm³/mol. The maximum atomic E-state index is 12.7. The van der Waals surface area contributed by atoms with Gasteiger partial charge in [0.15, 0.2) is 0 Å². The first kappa shape index (κ1) is 18.1. The number of carbonyl (C=O) groups excluding carboxylic acids is 1. The number of ether oxygens (including phenoxy) is 1. The fraction of sp³-hybridized carbons (Fsp3) is 0.0909. The van der Waals surface area contributed by atoms with Gasteiger partial charge in [-0.15, -0.1) is 0 Å². The van der Waals surface area contributed by atoms with E-state index in [0.717, 1.165) is 28.2 Å². The summed E-state index contributed by atoms with van der Waals surface area (Å²) in [6, 6.07) is 22.5. The Kier molecular flexibility index (Phi) is 5.00. The van der Waals surface area contributed by atoms with E-state index in [1.54, 1.807) is 31.4 Å². The molecule has 1 N–H and O–H groups in total. The van der Waals surface area contributed by atoms with E-state index in [2.05, 4.69) is 5.32 Å². The molecule has 0 saturated heterocycles. The number of nitrogens with zero attached hydrogens (tertiary/aromatic N) is 2. The van der Waals surface area contributed by atoms with Gasteiger partial charge in [-0.3, -0.25) is 4.79 Å². The molecule has 4 aromatic rings. The van der Waals surface area contributed by atoms with Crippen LogP contribution in [0, 0.1) is 0 Å². The molecular formula is C22H18ClN3O2. The monoisotopic (exact) mass is 391 g/mol. The molecule has 0 aliphatic carbocycles. The normalized spacial score (nSPS) is 10.8. The fourth-order valence-electron chi connectivity index (χ4n) is 3.11. The molecule has 4 rings (SSSR count). The Morgan fingerprint density at radius 2 is 1.86 bits per heavy atom. The molecule has 1 amide bonds. The van der Waals surface area contributed by atoms with Crippen molar-refractivity contribution in [3.63, 3.8) is 0 Å². The van der Waals surface area contributed by atoms with Gasteiger partial charge in [0.1, 0.15) is 18.1 Å². The molecule has 6 heteroatoms. The lowest BCUT2D eigenvalue weighted by Crippen LogP contribution is -2.19. The standard InChI is InChI=1S/C22H18ClN3O2/c1-28-18-11-9-15(10-12-18)22-25-19-7-2-3-8-20(19)26(22)14-21(27)24-17-6-4-5-16(23)13-17/h2-13H,14H2,1H3,(H,24,27). The topological polar surface area (TPSA) is 56.2 Å². The van der Waals surface area contributed by atoms with Crippen molar-refractivity contribution in [3.05, 3.63) is 77.8 Å². The van der Waals surface area contributed by atoms with Gasteiger partial charge < -0.3 is 14.6 Å². The van der Waals surface area contributed by atoms with Gasteiger partial charge in [0.2, 0.25) is 5.91 Å². The number of rotatable bonds is 5. The van der Waals surface area contributed by atoms with Crippen LogP contribution in [0.2, 0.25) is 5.02 Å². The Morgan fingerprint density at radius 1 is 1.07 bits per heavy atom. The summed E-state index contributed by atoms with van der Waals surface area (Å²) in [4.78, 5) is 17.4. The van der Waals surface area contributed by atoms with Crippen LogP contribution < -0.4 is 10.1 Å². The molecule has 0 unspecified atom stereocenters. The third-order valence-electron chi connectivity index (χ3n) is 4.41. The zero-order chi connectivity index (χ0) is 19.5. The maximum Gasteiger partial charge on any atom is 0.244 e. The molecule has 0 aliphatic heterocycles. The van der Waals surface area contributed by atoms with Crippen molar-refractivity contribution < 1.29 is 9.53 Å². The van der Waals surface area contributed by atoms with Gasteiger partial charge in [-0.1, -0.05) is 29.8 Å². The van der Waals surface area contributed by atoms with Gasteiger partial charge in [0.25, 0.3) is 0 Å². The van der Waals surface area contributed by atoms with Crippen molar-refractivity contribution in [1.29, 1.82) is 0 Å². The van der Waals surface area contributed by atoms with Crippen LogP contribution in [0.5, 0.6) is 5.75 Å². The van der Waals surface area contributed by atoms with E-state index in [9.17, 15) is 4.79 Å². The smallest absolute Gasteiger partial charge is 0.244 e. The quantitative estimate of drug-likeness (QED) is 0.520. The molecule has 28 heavy (non-hydrogen) atoms. The van der Waals surface area contributed by atoms with Crippen molar-refractivity contribution in [2.45, 2.75) is 6.54 Å². The maximum absolute atomic E-state index is 12.7. The van der Waals surface area contributed by atoms with E-state index in [0.29, 0.717) is 10.7 Å². The highest BCUT2D eigenvalue weighted by molar-refractivity contribution is 6.30. The summed E-state index contributed by atoms with van der Waals surface area (Å²) in [6.07, 6.45) is 0. The van der Waals surface area contributed by atoms with Gasteiger partial charge in [-0.05, 0) is 54.6 Å². The average molecular weight is 392 g/mol. The van der Waals surface area contributed by atoms with Gasteiger partial charge >= 0.3 is 0 Å². The van der Waals surface area contributed by atoms with Crippen molar-refractivity contribution in [3.8, 4) is 17.1 Å². The lowest BCUT2D eigenvalue weighted by molar-refractivity contribution is -0.116. The fourth-order valence-corrected chi connectivity index (χ4v) is 3.30. The molecule has 0 fully saturated rings. The third-order valence-corrected chi connectivity index (χ3v) is 4.65. The number of anilines is 1. The van der Waals surface area contributed by atoms with Crippen molar-refractivity contribution in [1.82, 2.24) is 9.55 Å². The molecular weight excluding hydrogens is 374 g/mol. The van der Waals surface area contributed by atoms with Gasteiger partial charge in [0.05, 0.1) is 18.1 Å². The Morgan fingerprint density at radius 3 is 2.61 bits per heavy atom. The Hall–Kier alpha value is -3.31. The van der Waals surface area contributed by atoms with Crippen LogP contribution in [0.1, 0.15) is 0 Å². The minimum atomic E-state index is -0.153. The minimum Gasteiger partial charge on any atom is -0.497 e. The van der Waals surface area contributed by atoms with Gasteiger partial charge in [0, 0.05) is 16.3 Å². The number of aromatic nitrogens is 2. The zero-order valence-electron chi connectivity index (χ0n) is 15.2. The van der Waals surface area contributed by atoms with Crippen molar-refractivity contribution in [2.75, 3.05) is 12.4 Å². The number of hydrogen-bond donors (Lipinski definition) is 1. The number of imidazole rings is 1. The first-order valence-corrected chi connectivity index (χ1v) is 9.17. The molecule has 0 saturated carbocycles. The second-order valence-electron chi connectivity index (χ2n) is 6.30. The molecule has 5 nitrogen and oxygen atoms in total. The van der Waals surface area contributed by atoms with Crippen LogP contribution in [0.25, 0.3) is 22.4 Å². The number of para-hydroxylation sites is 2. The molecule has 0 bridgehead atoms. The second-order valence-corrected chi connectivity index (χ2v) is 6.73. The number of fused-ring (bicyclic) bond motifs is 1. The van der Waals surface area contributed by atoms with Crippen LogP contribution in [0.15, 0.2) is 72.8 Å². The van der Waals surface area contributed by atoms with E-state index in [1.165, 1.54) is 0 Å². The van der Waals surface area contributed by atoms with Crippen LogP contribution in [0.3, 0.4) is 0 Å². The molecule has 0 spiro atoms. The molecule has 140 valence electrons. The summed E-state index contributed by atoms with van der Waals surface area (Å²) in [5.41, 5.74) is 3.30. The lowest BCUT2D eigenvalue weighted by Gasteiger charge is -2.11. The molecule has 1 heterocycles. The number of hydrogen-bond acceptors (Lipinski definition) is 3. The lowest BCUT2D eigenvalue weighted by atomic mass is 10.2. The van der Waals surface area contributed by atoms with Crippen LogP contribution in [0.4, 0.5) is 5.69 Å². The highest BCUT2D eigenvalue weighted by atomic mass is 35.5. The van der Waals surface area contributed by atoms with E-state index < -0.39 is 0 Å². The number of halogens is 1. The molecule has 0 aliphatic rings. The summed E-state index contributed by atoms with van der Waals surface area (Å²) in [5, 5.41) is 3.46. The first-order valence-electron chi connectivity index (χ1n) is 8.79. The van der Waals surface area contributed by atoms with Crippen LogP contribution >= 0.6 is 11.6 Å². The van der Waals surface area contributed by atoms with E-state index >= 15 is 0 Å². The van der Waals surface area contributed by atoms with E-state index in [1.807, 2.05) is 53.1 Å².